The average Bonchev–Trinajstić information content (AvgIpc) is 3.05. The molecule has 0 saturated carbocycles. The predicted molar refractivity (Wildman–Crippen MR) is 103 cm³/mol. The molecule has 30 heavy (non-hydrogen) atoms. The van der Waals surface area contributed by atoms with E-state index in [1.54, 1.807) is 36.4 Å². The fourth-order valence-electron chi connectivity index (χ4n) is 3.25. The van der Waals surface area contributed by atoms with Gasteiger partial charge in [-0.15, -0.1) is 0 Å². The number of esters is 1. The second-order valence-electron chi connectivity index (χ2n) is 6.93. The molecule has 0 amide bonds. The van der Waals surface area contributed by atoms with Gasteiger partial charge in [0.05, 0.1) is 12.9 Å². The lowest BCUT2D eigenvalue weighted by Gasteiger charge is -2.22. The van der Waals surface area contributed by atoms with Crippen molar-refractivity contribution in [3.05, 3.63) is 65.2 Å². The summed E-state index contributed by atoms with van der Waals surface area (Å²) in [5.41, 5.74) is 1.55. The number of carbonyl (C=O) groups excluding carboxylic acids is 1. The largest absolute Gasteiger partial charge is 0.460 e. The van der Waals surface area contributed by atoms with Crippen LogP contribution in [0.15, 0.2) is 48.5 Å². The number of hydrogen-bond acceptors (Lipinski definition) is 6. The average molecular weight is 443 g/mol. The Labute approximate surface area is 172 Å². The molecule has 2 unspecified atom stereocenters. The summed E-state index contributed by atoms with van der Waals surface area (Å²) in [4.78, 5) is 12.6. The van der Waals surface area contributed by atoms with Gasteiger partial charge in [0.15, 0.2) is 0 Å². The monoisotopic (exact) mass is 443 g/mol. The third-order valence-corrected chi connectivity index (χ3v) is 5.21. The Morgan fingerprint density at radius 1 is 1.10 bits per heavy atom. The van der Waals surface area contributed by atoms with E-state index in [1.165, 1.54) is 12.1 Å². The van der Waals surface area contributed by atoms with E-state index in [1.807, 2.05) is 0 Å². The molecule has 0 spiro atoms. The van der Waals surface area contributed by atoms with Gasteiger partial charge in [0.1, 0.15) is 18.6 Å². The maximum atomic E-state index is 13.6. The zero-order chi connectivity index (χ0) is 21.9. The molecule has 10 heteroatoms. The Morgan fingerprint density at radius 3 is 2.43 bits per heavy atom. The van der Waals surface area contributed by atoms with Crippen LogP contribution in [0.5, 0.6) is 0 Å². The van der Waals surface area contributed by atoms with E-state index >= 15 is 0 Å². The van der Waals surface area contributed by atoms with E-state index in [9.17, 15) is 26.4 Å². The summed E-state index contributed by atoms with van der Waals surface area (Å²) in [5.74, 6) is -2.56. The molecule has 3 rings (SSSR count). The van der Waals surface area contributed by atoms with Crippen LogP contribution < -0.4 is 5.32 Å². The van der Waals surface area contributed by atoms with Crippen LogP contribution in [-0.2, 0) is 36.9 Å². The highest BCUT2D eigenvalue weighted by Crippen LogP contribution is 2.44. The summed E-state index contributed by atoms with van der Waals surface area (Å²) in [6.07, 6.45) is -3.61. The first-order chi connectivity index (χ1) is 14.0. The minimum atomic E-state index is -4.67. The van der Waals surface area contributed by atoms with Crippen LogP contribution in [0.2, 0.25) is 0 Å². The second kappa shape index (κ2) is 8.65. The minimum Gasteiger partial charge on any atom is -0.460 e. The molecule has 1 aliphatic rings. The van der Waals surface area contributed by atoms with Crippen molar-refractivity contribution in [2.24, 2.45) is 0 Å². The van der Waals surface area contributed by atoms with Crippen molar-refractivity contribution in [3.8, 4) is 0 Å². The van der Waals surface area contributed by atoms with Crippen molar-refractivity contribution in [1.29, 1.82) is 0 Å². The predicted octanol–water partition coefficient (Wildman–Crippen LogP) is 3.39. The smallest absolute Gasteiger partial charge is 0.409 e. The number of halogens is 3. The van der Waals surface area contributed by atoms with Crippen LogP contribution in [0, 0.1) is 0 Å². The molecule has 0 radical (unpaired) electrons. The molecule has 162 valence electrons. The van der Waals surface area contributed by atoms with Gasteiger partial charge in [-0.25, -0.2) is 0 Å². The van der Waals surface area contributed by atoms with Crippen LogP contribution in [0.4, 0.5) is 18.9 Å². The number of benzene rings is 2. The van der Waals surface area contributed by atoms with E-state index in [0.717, 1.165) is 6.26 Å². The highest BCUT2D eigenvalue weighted by molar-refractivity contribution is 7.85. The van der Waals surface area contributed by atoms with E-state index in [2.05, 4.69) is 9.50 Å². The quantitative estimate of drug-likeness (QED) is 0.522. The van der Waals surface area contributed by atoms with Crippen LogP contribution in [-0.4, -0.2) is 39.5 Å². The second-order valence-corrected chi connectivity index (χ2v) is 8.58. The zero-order valence-electron chi connectivity index (χ0n) is 16.0. The van der Waals surface area contributed by atoms with Crippen molar-refractivity contribution in [1.82, 2.24) is 0 Å². The topological polar surface area (TPSA) is 81.7 Å². The van der Waals surface area contributed by atoms with Gasteiger partial charge in [-0.3, -0.25) is 8.98 Å². The van der Waals surface area contributed by atoms with Gasteiger partial charge in [-0.05, 0) is 29.2 Å². The van der Waals surface area contributed by atoms with Crippen molar-refractivity contribution < 1.29 is 35.3 Å². The van der Waals surface area contributed by atoms with Gasteiger partial charge < -0.3 is 10.1 Å². The summed E-state index contributed by atoms with van der Waals surface area (Å²) in [6, 6.07) is 11.0. The van der Waals surface area contributed by atoms with Gasteiger partial charge in [0.25, 0.3) is 10.1 Å². The lowest BCUT2D eigenvalue weighted by molar-refractivity contribution is -0.165. The van der Waals surface area contributed by atoms with Crippen LogP contribution >= 0.6 is 0 Å². The van der Waals surface area contributed by atoms with Crippen molar-refractivity contribution >= 4 is 21.8 Å². The summed E-state index contributed by atoms with van der Waals surface area (Å²) in [5, 5.41) is 2.36. The third-order valence-electron chi connectivity index (χ3n) is 4.61. The molecule has 2 aromatic rings. The Morgan fingerprint density at radius 2 is 1.80 bits per heavy atom. The van der Waals surface area contributed by atoms with E-state index in [0.29, 0.717) is 11.1 Å². The van der Waals surface area contributed by atoms with Gasteiger partial charge in [0.2, 0.25) is 0 Å². The standard InChI is InChI=1S/C20H20F3NO5S/c1-30(26,27)29-10-9-13-7-8-16-15(11-13)17(18(24-16)20(21,22)23)19(25)28-12-14-5-3-2-4-6-14/h2-8,11,17-18,24H,9-10,12H2,1H3. The Hall–Kier alpha value is -2.59. The molecule has 2 aromatic carbocycles. The zero-order valence-corrected chi connectivity index (χ0v) is 16.8. The summed E-state index contributed by atoms with van der Waals surface area (Å²) in [7, 11) is -3.63. The van der Waals surface area contributed by atoms with Gasteiger partial charge in [0, 0.05) is 5.69 Å². The molecular weight excluding hydrogens is 423 g/mol. The van der Waals surface area contributed by atoms with E-state index < -0.39 is 34.2 Å². The van der Waals surface area contributed by atoms with Crippen molar-refractivity contribution in [2.45, 2.75) is 31.2 Å². The summed E-state index contributed by atoms with van der Waals surface area (Å²) >= 11 is 0. The molecule has 2 atom stereocenters. The first-order valence-electron chi connectivity index (χ1n) is 9.05. The van der Waals surface area contributed by atoms with Gasteiger partial charge >= 0.3 is 12.1 Å². The minimum absolute atomic E-state index is 0.141. The molecule has 0 bridgehead atoms. The lowest BCUT2D eigenvalue weighted by Crippen LogP contribution is -2.40. The van der Waals surface area contributed by atoms with Gasteiger partial charge in [-0.2, -0.15) is 21.6 Å². The molecule has 0 aliphatic carbocycles. The highest BCUT2D eigenvalue weighted by Gasteiger charge is 2.53. The molecule has 1 N–H and O–H groups in total. The number of ether oxygens (including phenoxy) is 1. The fraction of sp³-hybridized carbons (Fsp3) is 0.350. The van der Waals surface area contributed by atoms with Crippen LogP contribution in [0.1, 0.15) is 22.6 Å². The molecule has 0 aromatic heterocycles. The van der Waals surface area contributed by atoms with Crippen LogP contribution in [0.25, 0.3) is 0 Å². The van der Waals surface area contributed by atoms with Crippen molar-refractivity contribution in [3.63, 3.8) is 0 Å². The number of hydrogen-bond donors (Lipinski definition) is 1. The lowest BCUT2D eigenvalue weighted by atomic mass is 9.93. The van der Waals surface area contributed by atoms with E-state index in [4.69, 9.17) is 4.74 Å². The third kappa shape index (κ3) is 5.51. The number of fused-ring (bicyclic) bond motifs is 1. The molecule has 1 heterocycles. The number of rotatable bonds is 7. The maximum Gasteiger partial charge on any atom is 0.409 e. The van der Waals surface area contributed by atoms with E-state index in [-0.39, 0.29) is 30.9 Å². The molecule has 6 nitrogen and oxygen atoms in total. The first-order valence-corrected chi connectivity index (χ1v) is 10.9. The first kappa shape index (κ1) is 22.1. The maximum absolute atomic E-state index is 13.6. The Kier molecular flexibility index (Phi) is 6.37. The summed E-state index contributed by atoms with van der Waals surface area (Å²) < 4.78 is 72.7. The van der Waals surface area contributed by atoms with Crippen LogP contribution in [0.3, 0.4) is 0 Å². The molecular formula is C20H20F3NO5S. The summed E-state index contributed by atoms with van der Waals surface area (Å²) in [6.45, 7) is -0.297. The number of alkyl halides is 3. The van der Waals surface area contributed by atoms with Gasteiger partial charge in [-0.1, -0.05) is 42.5 Å². The number of carbonyl (C=O) groups is 1. The van der Waals surface area contributed by atoms with Crippen molar-refractivity contribution in [2.75, 3.05) is 18.2 Å². The molecule has 0 fully saturated rings. The SMILES string of the molecule is CS(=O)(=O)OCCc1ccc2c(c1)C(C(=O)OCc1ccccc1)C(C(F)(F)F)N2. The number of anilines is 1. The highest BCUT2D eigenvalue weighted by atomic mass is 32.2. The molecule has 0 saturated heterocycles. The normalized spacial score (nSPS) is 18.5. The Bertz CT molecular complexity index is 1010. The number of nitrogens with one attached hydrogen (secondary N) is 1. The fourth-order valence-corrected chi connectivity index (χ4v) is 3.64. The molecule has 1 aliphatic heterocycles. The Balaban J connectivity index is 1.80.